The van der Waals surface area contributed by atoms with Crippen LogP contribution in [-0.2, 0) is 12.8 Å². The molecule has 0 bridgehead atoms. The lowest BCUT2D eigenvalue weighted by atomic mass is 9.90. The molecule has 0 aliphatic heterocycles. The lowest BCUT2D eigenvalue weighted by molar-refractivity contribution is 0.102. The Morgan fingerprint density at radius 3 is 2.61 bits per heavy atom. The molecule has 33 heavy (non-hydrogen) atoms. The van der Waals surface area contributed by atoms with Gasteiger partial charge >= 0.3 is 11.6 Å². The first-order valence-corrected chi connectivity index (χ1v) is 10.9. The van der Waals surface area contributed by atoms with Gasteiger partial charge in [-0.05, 0) is 71.8 Å². The van der Waals surface area contributed by atoms with Crippen LogP contribution in [0.25, 0.3) is 33.2 Å². The third-order valence-electron chi connectivity index (χ3n) is 6.13. The highest BCUT2D eigenvalue weighted by Crippen LogP contribution is 2.28. The summed E-state index contributed by atoms with van der Waals surface area (Å²) >= 11 is 0. The van der Waals surface area contributed by atoms with Crippen molar-refractivity contribution >= 4 is 33.7 Å². The molecule has 2 aromatic heterocycles. The Morgan fingerprint density at radius 1 is 0.848 bits per heavy atom. The lowest BCUT2D eigenvalue weighted by Gasteiger charge is -2.15. The highest BCUT2D eigenvalue weighted by Gasteiger charge is 2.19. The molecule has 1 aliphatic rings. The van der Waals surface area contributed by atoms with Crippen LogP contribution in [0.3, 0.4) is 0 Å². The maximum absolute atomic E-state index is 12.9. The van der Waals surface area contributed by atoms with E-state index in [1.807, 2.05) is 36.4 Å². The van der Waals surface area contributed by atoms with Gasteiger partial charge < -0.3 is 8.83 Å². The Morgan fingerprint density at radius 2 is 1.70 bits per heavy atom. The summed E-state index contributed by atoms with van der Waals surface area (Å²) < 4.78 is 11.1. The third-order valence-corrected chi connectivity index (χ3v) is 6.13. The molecule has 0 saturated carbocycles. The van der Waals surface area contributed by atoms with Crippen molar-refractivity contribution in [1.29, 1.82) is 0 Å². The average molecular weight is 437 g/mol. The van der Waals surface area contributed by atoms with E-state index in [9.17, 15) is 9.59 Å². The maximum Gasteiger partial charge on any atom is 0.349 e. The van der Waals surface area contributed by atoms with E-state index < -0.39 is 11.5 Å². The number of nitrogens with one attached hydrogen (secondary N) is 1. The molecule has 2 heterocycles. The first-order valence-electron chi connectivity index (χ1n) is 10.9. The third kappa shape index (κ3) is 3.47. The number of nitrogens with zero attached hydrogens (tertiary/aromatic N) is 2. The SMILES string of the molecule is O=C(Nc1nnc(-c2ccc3c(c2)CCCC3)o1)c1cc2c(ccc3ccccc32)oc1=O. The zero-order valence-electron chi connectivity index (χ0n) is 17.6. The Balaban J connectivity index is 1.31. The highest BCUT2D eigenvalue weighted by atomic mass is 16.4. The van der Waals surface area contributed by atoms with Gasteiger partial charge in [0.25, 0.3) is 5.91 Å². The molecule has 6 rings (SSSR count). The molecule has 0 unspecified atom stereocenters. The number of hydrogen-bond acceptors (Lipinski definition) is 6. The standard InChI is InChI=1S/C26H19N3O4/c30-23(21-14-20-19-8-4-3-6-16(19)11-12-22(20)32-25(21)31)27-26-29-28-24(33-26)18-10-9-15-5-1-2-7-17(15)13-18/h3-4,6,8-14H,1-2,5,7H2,(H,27,29,30). The van der Waals surface area contributed by atoms with E-state index in [1.54, 1.807) is 12.1 Å². The predicted octanol–water partition coefficient (Wildman–Crippen LogP) is 5.13. The van der Waals surface area contributed by atoms with Crippen LogP contribution in [0, 0.1) is 0 Å². The molecule has 5 aromatic rings. The number of carbonyl (C=O) groups excluding carboxylic acids is 1. The minimum absolute atomic E-state index is 0.0786. The zero-order valence-corrected chi connectivity index (χ0v) is 17.6. The Hall–Kier alpha value is -4.26. The van der Waals surface area contributed by atoms with E-state index in [-0.39, 0.29) is 11.6 Å². The van der Waals surface area contributed by atoms with Crippen LogP contribution >= 0.6 is 0 Å². The van der Waals surface area contributed by atoms with Crippen molar-refractivity contribution < 1.29 is 13.6 Å². The van der Waals surface area contributed by atoms with Crippen molar-refractivity contribution in [2.45, 2.75) is 25.7 Å². The first-order chi connectivity index (χ1) is 16.2. The van der Waals surface area contributed by atoms with E-state index in [2.05, 4.69) is 27.6 Å². The number of benzene rings is 3. The molecule has 0 fully saturated rings. The smallest absolute Gasteiger partial charge is 0.349 e. The van der Waals surface area contributed by atoms with Crippen LogP contribution in [0.5, 0.6) is 0 Å². The molecule has 7 heteroatoms. The van der Waals surface area contributed by atoms with Crippen LogP contribution < -0.4 is 10.9 Å². The van der Waals surface area contributed by atoms with Crippen LogP contribution in [0.1, 0.15) is 34.3 Å². The molecule has 0 atom stereocenters. The fraction of sp³-hybridized carbons (Fsp3) is 0.154. The van der Waals surface area contributed by atoms with Crippen molar-refractivity contribution in [2.75, 3.05) is 5.32 Å². The quantitative estimate of drug-likeness (QED) is 0.310. The second-order valence-electron chi connectivity index (χ2n) is 8.20. The Kier molecular flexibility index (Phi) is 4.54. The van der Waals surface area contributed by atoms with Gasteiger partial charge in [0.1, 0.15) is 11.1 Å². The van der Waals surface area contributed by atoms with Crippen molar-refractivity contribution in [3.8, 4) is 11.5 Å². The summed E-state index contributed by atoms with van der Waals surface area (Å²) in [6.45, 7) is 0. The molecular formula is C26H19N3O4. The predicted molar refractivity (Wildman–Crippen MR) is 124 cm³/mol. The van der Waals surface area contributed by atoms with Gasteiger partial charge in [-0.1, -0.05) is 41.5 Å². The monoisotopic (exact) mass is 437 g/mol. The highest BCUT2D eigenvalue weighted by molar-refractivity contribution is 6.10. The largest absolute Gasteiger partial charge is 0.422 e. The fourth-order valence-corrected chi connectivity index (χ4v) is 4.45. The molecule has 0 saturated heterocycles. The summed E-state index contributed by atoms with van der Waals surface area (Å²) in [6.07, 6.45) is 4.50. The molecule has 1 aliphatic carbocycles. The topological polar surface area (TPSA) is 98.2 Å². The molecular weight excluding hydrogens is 418 g/mol. The number of rotatable bonds is 3. The van der Waals surface area contributed by atoms with Gasteiger partial charge in [0.15, 0.2) is 0 Å². The first kappa shape index (κ1) is 19.4. The number of aromatic nitrogens is 2. The van der Waals surface area contributed by atoms with Crippen LogP contribution in [-0.4, -0.2) is 16.1 Å². The molecule has 7 nitrogen and oxygen atoms in total. The van der Waals surface area contributed by atoms with Crippen molar-refractivity contribution in [3.05, 3.63) is 87.8 Å². The van der Waals surface area contributed by atoms with Crippen LogP contribution in [0.2, 0.25) is 0 Å². The summed E-state index contributed by atoms with van der Waals surface area (Å²) in [5, 5.41) is 13.1. The van der Waals surface area contributed by atoms with Gasteiger partial charge in [0.2, 0.25) is 5.89 Å². The molecule has 162 valence electrons. The van der Waals surface area contributed by atoms with Gasteiger partial charge in [0, 0.05) is 10.9 Å². The minimum Gasteiger partial charge on any atom is -0.422 e. The second-order valence-corrected chi connectivity index (χ2v) is 8.20. The fourth-order valence-electron chi connectivity index (χ4n) is 4.45. The maximum atomic E-state index is 12.9. The van der Waals surface area contributed by atoms with Gasteiger partial charge in [-0.3, -0.25) is 10.1 Å². The summed E-state index contributed by atoms with van der Waals surface area (Å²) in [7, 11) is 0. The number of aryl methyl sites for hydroxylation is 2. The van der Waals surface area contributed by atoms with Gasteiger partial charge in [-0.15, -0.1) is 5.10 Å². The van der Waals surface area contributed by atoms with Gasteiger partial charge in [-0.2, -0.15) is 0 Å². The molecule has 1 N–H and O–H groups in total. The van der Waals surface area contributed by atoms with E-state index in [0.717, 1.165) is 29.2 Å². The Bertz CT molecular complexity index is 1600. The van der Waals surface area contributed by atoms with Crippen LogP contribution in [0.4, 0.5) is 6.01 Å². The minimum atomic E-state index is -0.732. The summed E-state index contributed by atoms with van der Waals surface area (Å²) in [6, 6.07) is 18.9. The normalized spacial score (nSPS) is 13.2. The van der Waals surface area contributed by atoms with E-state index in [4.69, 9.17) is 8.83 Å². The van der Waals surface area contributed by atoms with E-state index >= 15 is 0 Å². The van der Waals surface area contributed by atoms with Gasteiger partial charge in [-0.25, -0.2) is 4.79 Å². The van der Waals surface area contributed by atoms with Crippen molar-refractivity contribution in [3.63, 3.8) is 0 Å². The zero-order chi connectivity index (χ0) is 22.4. The van der Waals surface area contributed by atoms with Crippen molar-refractivity contribution in [1.82, 2.24) is 10.2 Å². The van der Waals surface area contributed by atoms with E-state index in [0.29, 0.717) is 16.9 Å². The average Bonchev–Trinajstić information content (AvgIpc) is 3.31. The molecule has 0 radical (unpaired) electrons. The van der Waals surface area contributed by atoms with Crippen LogP contribution in [0.15, 0.2) is 74.3 Å². The summed E-state index contributed by atoms with van der Waals surface area (Å²) in [5.41, 5.74) is 3.01. The number of amides is 1. The van der Waals surface area contributed by atoms with Crippen molar-refractivity contribution in [2.24, 2.45) is 0 Å². The summed E-state index contributed by atoms with van der Waals surface area (Å²) in [4.78, 5) is 25.3. The lowest BCUT2D eigenvalue weighted by Crippen LogP contribution is -2.20. The number of anilines is 1. The summed E-state index contributed by atoms with van der Waals surface area (Å²) in [5.74, 6) is -0.352. The Labute approximate surface area is 188 Å². The second kappa shape index (κ2) is 7.70. The molecule has 3 aromatic carbocycles. The van der Waals surface area contributed by atoms with E-state index in [1.165, 1.54) is 24.0 Å². The number of carbonyl (C=O) groups is 1. The number of hydrogen-bond donors (Lipinski definition) is 1. The molecule has 0 spiro atoms. The molecule has 1 amide bonds. The van der Waals surface area contributed by atoms with Gasteiger partial charge in [0.05, 0.1) is 0 Å². The number of fused-ring (bicyclic) bond motifs is 4.